The van der Waals surface area contributed by atoms with Crippen molar-refractivity contribution < 1.29 is 17.7 Å². The van der Waals surface area contributed by atoms with Crippen LogP contribution in [0, 0.1) is 82.9 Å². The van der Waals surface area contributed by atoms with E-state index in [0.717, 1.165) is 29.7 Å². The predicted molar refractivity (Wildman–Crippen MR) is 121 cm³/mol. The maximum absolute atomic E-state index is 13.4. The summed E-state index contributed by atoms with van der Waals surface area (Å²) in [6.07, 6.45) is 6.32. The second-order valence-corrected chi connectivity index (χ2v) is 15.2. The first-order valence-corrected chi connectivity index (χ1v) is 14.9. The fourth-order valence-electron chi connectivity index (χ4n) is 14.0. The van der Waals surface area contributed by atoms with Gasteiger partial charge in [-0.3, -0.25) is 4.18 Å². The largest absolute Gasteiger partial charge is 0.388 e. The Morgan fingerprint density at radius 3 is 2.33 bits per heavy atom. The maximum atomic E-state index is 13.4. The summed E-state index contributed by atoms with van der Waals surface area (Å²) in [6.45, 7) is 4.64. The molecule has 10 rings (SSSR count). The van der Waals surface area contributed by atoms with Crippen LogP contribution in [0.3, 0.4) is 0 Å². The van der Waals surface area contributed by atoms with E-state index in [2.05, 4.69) is 6.92 Å². The van der Waals surface area contributed by atoms with Gasteiger partial charge in [0.25, 0.3) is 10.1 Å². The van der Waals surface area contributed by atoms with Gasteiger partial charge in [0.15, 0.2) is 0 Å². The summed E-state index contributed by atoms with van der Waals surface area (Å²) < 4.78 is 32.8. The topological polar surface area (TPSA) is 63.6 Å². The first kappa shape index (κ1) is 19.3. The van der Waals surface area contributed by atoms with Gasteiger partial charge in [0.05, 0.1) is 17.1 Å². The molecule has 33 heavy (non-hydrogen) atoms. The molecular formula is C28H34O4S. The third kappa shape index (κ3) is 1.58. The molecule has 9 saturated carbocycles. The Bertz CT molecular complexity index is 1210. The molecule has 176 valence electrons. The Balaban J connectivity index is 1.22. The van der Waals surface area contributed by atoms with Gasteiger partial charge in [0.1, 0.15) is 0 Å². The molecule has 9 aliphatic carbocycles. The molecule has 1 aromatic rings. The Kier molecular flexibility index (Phi) is 3.08. The second-order valence-electron chi connectivity index (χ2n) is 13.6. The van der Waals surface area contributed by atoms with Crippen molar-refractivity contribution in [3.63, 3.8) is 0 Å². The van der Waals surface area contributed by atoms with Gasteiger partial charge in [-0.1, -0.05) is 31.0 Å². The van der Waals surface area contributed by atoms with Crippen LogP contribution in [-0.2, 0) is 14.3 Å². The normalized spacial score (nSPS) is 61.7. The van der Waals surface area contributed by atoms with Gasteiger partial charge >= 0.3 is 0 Å². The molecule has 0 unspecified atom stereocenters. The SMILES string of the molecule is Cc1ccc(S(=O)(=O)OC[C@@]23[C@@H]4[C@@H]5CC[C@H]6[C@@H]5[C@@H]5[C@@H]4[C@@H]4[C@H]([C@H]7CCC[C@H]7[C@@H]42)[C@]5(C)[C@@]63O)cc1. The molecule has 9 bridgehead atoms. The van der Waals surface area contributed by atoms with Crippen molar-refractivity contribution in [1.29, 1.82) is 0 Å². The quantitative estimate of drug-likeness (QED) is 0.674. The van der Waals surface area contributed by atoms with E-state index >= 15 is 0 Å². The van der Waals surface area contributed by atoms with Crippen molar-refractivity contribution in [2.75, 3.05) is 6.61 Å². The summed E-state index contributed by atoms with van der Waals surface area (Å²) in [5.41, 5.74) is -0.0802. The van der Waals surface area contributed by atoms with Gasteiger partial charge in [0, 0.05) is 10.8 Å². The van der Waals surface area contributed by atoms with Gasteiger partial charge in [0.2, 0.25) is 0 Å². The number of aryl methyl sites for hydroxylation is 1. The van der Waals surface area contributed by atoms with E-state index in [1.54, 1.807) is 12.1 Å². The van der Waals surface area contributed by atoms with Crippen LogP contribution in [0.4, 0.5) is 0 Å². The zero-order valence-corrected chi connectivity index (χ0v) is 20.3. The van der Waals surface area contributed by atoms with Crippen LogP contribution in [0.1, 0.15) is 44.6 Å². The molecule has 0 aromatic heterocycles. The van der Waals surface area contributed by atoms with E-state index < -0.39 is 15.7 Å². The highest BCUT2D eigenvalue weighted by Gasteiger charge is 2.99. The van der Waals surface area contributed by atoms with Gasteiger partial charge in [-0.2, -0.15) is 8.42 Å². The van der Waals surface area contributed by atoms with Gasteiger partial charge in [-0.15, -0.1) is 0 Å². The van der Waals surface area contributed by atoms with E-state index in [0.29, 0.717) is 47.3 Å². The van der Waals surface area contributed by atoms with Crippen molar-refractivity contribution in [2.24, 2.45) is 75.9 Å². The number of fused-ring (bicyclic) bond motifs is 1. The first-order chi connectivity index (χ1) is 15.8. The first-order valence-electron chi connectivity index (χ1n) is 13.5. The Hall–Kier alpha value is -0.910. The van der Waals surface area contributed by atoms with E-state index in [9.17, 15) is 13.5 Å². The monoisotopic (exact) mass is 466 g/mol. The van der Waals surface area contributed by atoms with Crippen LogP contribution in [0.5, 0.6) is 0 Å². The molecule has 0 spiro atoms. The molecule has 0 radical (unpaired) electrons. The van der Waals surface area contributed by atoms with Gasteiger partial charge in [-0.25, -0.2) is 0 Å². The van der Waals surface area contributed by atoms with Crippen LogP contribution in [-0.4, -0.2) is 25.7 Å². The summed E-state index contributed by atoms with van der Waals surface area (Å²) in [7, 11) is -3.85. The molecule has 0 saturated heterocycles. The van der Waals surface area contributed by atoms with Crippen LogP contribution in [0.15, 0.2) is 29.2 Å². The highest BCUT2D eigenvalue weighted by atomic mass is 32.2. The summed E-state index contributed by atoms with van der Waals surface area (Å²) in [6, 6.07) is 7.02. The molecule has 0 amide bonds. The highest BCUT2D eigenvalue weighted by molar-refractivity contribution is 7.86. The van der Waals surface area contributed by atoms with Crippen molar-refractivity contribution >= 4 is 10.1 Å². The van der Waals surface area contributed by atoms with Crippen molar-refractivity contribution in [2.45, 2.75) is 56.4 Å². The molecule has 9 fully saturated rings. The number of hydrogen-bond donors (Lipinski definition) is 1. The number of benzene rings is 1. The molecule has 1 aromatic carbocycles. The molecule has 4 nitrogen and oxygen atoms in total. The molecule has 5 heteroatoms. The molecule has 0 aliphatic heterocycles. The minimum Gasteiger partial charge on any atom is -0.388 e. The van der Waals surface area contributed by atoms with Crippen molar-refractivity contribution in [3.8, 4) is 0 Å². The Morgan fingerprint density at radius 1 is 0.909 bits per heavy atom. The van der Waals surface area contributed by atoms with Crippen LogP contribution >= 0.6 is 0 Å². The zero-order valence-electron chi connectivity index (χ0n) is 19.5. The number of rotatable bonds is 4. The Labute approximate surface area is 196 Å². The highest BCUT2D eigenvalue weighted by Crippen LogP contribution is 2.98. The average molecular weight is 467 g/mol. The second kappa shape index (κ2) is 5.27. The lowest BCUT2D eigenvalue weighted by atomic mass is 9.43. The third-order valence-electron chi connectivity index (χ3n) is 13.7. The third-order valence-corrected chi connectivity index (χ3v) is 15.0. The standard InChI is InChI=1S/C28H34O4S/c1-13-6-8-14(9-7-13)33(30,31)32-12-27-23-16-5-3-4-15(16)22-20(23)21-24(27)17-10-11-18-19(17)25(21)26(22,2)28(18,27)29/h6-9,15-25,29H,3-5,10-12H2,1-2H3/t15-,16+,17+,18-,19+,20+,21+,22-,23-,24+,25+,26-,27-,28-/m0/s1. The lowest BCUT2D eigenvalue weighted by molar-refractivity contribution is -0.268. The van der Waals surface area contributed by atoms with Gasteiger partial charge in [-0.05, 0) is 110 Å². The zero-order chi connectivity index (χ0) is 22.3. The van der Waals surface area contributed by atoms with Crippen LogP contribution in [0.25, 0.3) is 0 Å². The van der Waals surface area contributed by atoms with Crippen LogP contribution < -0.4 is 0 Å². The smallest absolute Gasteiger partial charge is 0.296 e. The van der Waals surface area contributed by atoms with E-state index in [4.69, 9.17) is 4.18 Å². The van der Waals surface area contributed by atoms with Crippen molar-refractivity contribution in [3.05, 3.63) is 29.8 Å². The molecule has 9 aliphatic rings. The minimum absolute atomic E-state index is 0.0272. The summed E-state index contributed by atoms with van der Waals surface area (Å²) in [5.74, 6) is 6.98. The summed E-state index contributed by atoms with van der Waals surface area (Å²) in [5, 5.41) is 13.1. The molecule has 0 heterocycles. The van der Waals surface area contributed by atoms with E-state index in [1.807, 2.05) is 19.1 Å². The maximum Gasteiger partial charge on any atom is 0.296 e. The van der Waals surface area contributed by atoms with Crippen LogP contribution in [0.2, 0.25) is 0 Å². The molecule has 1 N–H and O–H groups in total. The van der Waals surface area contributed by atoms with E-state index in [-0.39, 0.29) is 22.3 Å². The van der Waals surface area contributed by atoms with Crippen molar-refractivity contribution in [1.82, 2.24) is 0 Å². The fraction of sp³-hybridized carbons (Fsp3) is 0.786. The minimum atomic E-state index is -3.85. The number of hydrogen-bond acceptors (Lipinski definition) is 4. The number of aliphatic hydroxyl groups is 1. The molecule has 14 atom stereocenters. The predicted octanol–water partition coefficient (Wildman–Crippen LogP) is 4.26. The summed E-state index contributed by atoms with van der Waals surface area (Å²) >= 11 is 0. The molecular weight excluding hydrogens is 432 g/mol. The Morgan fingerprint density at radius 2 is 1.58 bits per heavy atom. The van der Waals surface area contributed by atoms with Gasteiger partial charge < -0.3 is 5.11 Å². The summed E-state index contributed by atoms with van der Waals surface area (Å²) in [4.78, 5) is 0.250. The lowest BCUT2D eigenvalue weighted by Gasteiger charge is -2.64. The average Bonchev–Trinajstić information content (AvgIpc) is 3.55. The lowest BCUT2D eigenvalue weighted by Crippen LogP contribution is -2.71. The van der Waals surface area contributed by atoms with E-state index in [1.165, 1.54) is 25.7 Å². The fourth-order valence-corrected chi connectivity index (χ4v) is 14.9.